The van der Waals surface area contributed by atoms with E-state index in [2.05, 4.69) is 59.4 Å². The molecule has 0 bridgehead atoms. The molecule has 2 heterocycles. The molecule has 1 fully saturated rings. The lowest BCUT2D eigenvalue weighted by atomic mass is 10.2. The van der Waals surface area contributed by atoms with Crippen molar-refractivity contribution in [1.82, 2.24) is 15.2 Å². The van der Waals surface area contributed by atoms with Gasteiger partial charge < -0.3 is 10.1 Å². The molecule has 1 aromatic heterocycles. The number of hydrogen-bond acceptors (Lipinski definition) is 5. The molecule has 25 heavy (non-hydrogen) atoms. The maximum atomic E-state index is 6.03. The molecule has 1 atom stereocenters. The zero-order valence-electron chi connectivity index (χ0n) is 15.3. The third-order valence-electron chi connectivity index (χ3n) is 4.47. The van der Waals surface area contributed by atoms with Gasteiger partial charge in [-0.15, -0.1) is 11.3 Å². The highest BCUT2D eigenvalue weighted by atomic mass is 32.1. The van der Waals surface area contributed by atoms with Crippen LogP contribution in [0.25, 0.3) is 0 Å². The van der Waals surface area contributed by atoms with Gasteiger partial charge in [0.25, 0.3) is 0 Å². The van der Waals surface area contributed by atoms with Gasteiger partial charge in [0, 0.05) is 50.4 Å². The van der Waals surface area contributed by atoms with Gasteiger partial charge in [-0.1, -0.05) is 44.2 Å². The number of ether oxygens (including phenoxy) is 1. The molecular weight excluding hydrogens is 330 g/mol. The van der Waals surface area contributed by atoms with Crippen molar-refractivity contribution in [2.24, 2.45) is 0 Å². The number of aromatic nitrogens is 1. The van der Waals surface area contributed by atoms with Crippen LogP contribution in [0.15, 0.2) is 36.5 Å². The van der Waals surface area contributed by atoms with E-state index in [1.54, 1.807) is 0 Å². The molecule has 1 saturated heterocycles. The number of rotatable bonds is 7. The number of benzene rings is 1. The van der Waals surface area contributed by atoms with Crippen LogP contribution in [-0.4, -0.2) is 42.2 Å². The Morgan fingerprint density at radius 2 is 2.16 bits per heavy atom. The van der Waals surface area contributed by atoms with Gasteiger partial charge in [-0.3, -0.25) is 4.90 Å². The Morgan fingerprint density at radius 1 is 1.32 bits per heavy atom. The zero-order valence-corrected chi connectivity index (χ0v) is 16.1. The van der Waals surface area contributed by atoms with E-state index in [0.717, 1.165) is 45.8 Å². The first-order chi connectivity index (χ1) is 12.2. The summed E-state index contributed by atoms with van der Waals surface area (Å²) in [6.07, 6.45) is 3.36. The first-order valence-electron chi connectivity index (χ1n) is 9.24. The Hall–Kier alpha value is -1.27. The molecule has 1 N–H and O–H groups in total. The Morgan fingerprint density at radius 3 is 2.92 bits per heavy atom. The summed E-state index contributed by atoms with van der Waals surface area (Å²) in [5.74, 6) is 0.558. The fourth-order valence-corrected chi connectivity index (χ4v) is 3.98. The van der Waals surface area contributed by atoms with Crippen LogP contribution >= 0.6 is 11.3 Å². The molecular formula is C20H29N3OS. The van der Waals surface area contributed by atoms with Gasteiger partial charge in [-0.2, -0.15) is 0 Å². The summed E-state index contributed by atoms with van der Waals surface area (Å²) in [6.45, 7) is 10.1. The second-order valence-electron chi connectivity index (χ2n) is 7.01. The van der Waals surface area contributed by atoms with Gasteiger partial charge in [0.15, 0.2) is 0 Å². The van der Waals surface area contributed by atoms with E-state index in [1.807, 2.05) is 17.5 Å². The molecule has 4 nitrogen and oxygen atoms in total. The third kappa shape index (κ3) is 5.89. The van der Waals surface area contributed by atoms with Gasteiger partial charge in [-0.05, 0) is 17.9 Å². The minimum absolute atomic E-state index is 0.246. The van der Waals surface area contributed by atoms with Crippen molar-refractivity contribution < 1.29 is 4.74 Å². The van der Waals surface area contributed by atoms with Crippen molar-refractivity contribution in [2.75, 3.05) is 26.2 Å². The Bertz CT molecular complexity index is 629. The molecule has 2 aromatic rings. The molecule has 0 aliphatic carbocycles. The molecule has 1 aromatic carbocycles. The van der Waals surface area contributed by atoms with Crippen LogP contribution in [0.1, 0.15) is 41.6 Å². The van der Waals surface area contributed by atoms with E-state index in [-0.39, 0.29) is 6.10 Å². The second kappa shape index (κ2) is 9.43. The number of thiazole rings is 1. The fourth-order valence-electron chi connectivity index (χ4n) is 3.09. The van der Waals surface area contributed by atoms with Gasteiger partial charge in [0.2, 0.25) is 0 Å². The van der Waals surface area contributed by atoms with Crippen molar-refractivity contribution in [3.8, 4) is 0 Å². The number of hydrogen-bond donors (Lipinski definition) is 1. The molecule has 0 radical (unpaired) electrons. The highest BCUT2D eigenvalue weighted by Crippen LogP contribution is 2.21. The fraction of sp³-hybridized carbons (Fsp3) is 0.550. The van der Waals surface area contributed by atoms with E-state index >= 15 is 0 Å². The average Bonchev–Trinajstić information content (AvgIpc) is 2.97. The van der Waals surface area contributed by atoms with E-state index in [9.17, 15) is 0 Å². The predicted molar refractivity (Wildman–Crippen MR) is 104 cm³/mol. The second-order valence-corrected chi connectivity index (χ2v) is 8.16. The molecule has 3 rings (SSSR count). The average molecular weight is 360 g/mol. The maximum absolute atomic E-state index is 6.03. The van der Waals surface area contributed by atoms with Crippen LogP contribution in [-0.2, 0) is 17.8 Å². The molecule has 1 aliphatic rings. The lowest BCUT2D eigenvalue weighted by Crippen LogP contribution is -2.37. The van der Waals surface area contributed by atoms with Crippen LogP contribution in [0.4, 0.5) is 0 Å². The van der Waals surface area contributed by atoms with Gasteiger partial charge in [-0.25, -0.2) is 4.98 Å². The third-order valence-corrected chi connectivity index (χ3v) is 5.77. The highest BCUT2D eigenvalue weighted by molar-refractivity contribution is 7.11. The quantitative estimate of drug-likeness (QED) is 0.819. The van der Waals surface area contributed by atoms with Crippen molar-refractivity contribution in [3.63, 3.8) is 0 Å². The molecule has 0 spiro atoms. The van der Waals surface area contributed by atoms with Gasteiger partial charge in [0.1, 0.15) is 5.01 Å². The predicted octanol–water partition coefficient (Wildman–Crippen LogP) is 3.65. The normalized spacial score (nSPS) is 19.2. The molecule has 5 heteroatoms. The van der Waals surface area contributed by atoms with Crippen molar-refractivity contribution in [3.05, 3.63) is 52.0 Å². The van der Waals surface area contributed by atoms with Crippen molar-refractivity contribution >= 4 is 11.3 Å². The summed E-state index contributed by atoms with van der Waals surface area (Å²) in [7, 11) is 0. The maximum Gasteiger partial charge on any atom is 0.107 e. The first kappa shape index (κ1) is 18.5. The largest absolute Gasteiger partial charge is 0.376 e. The summed E-state index contributed by atoms with van der Waals surface area (Å²) >= 11 is 1.81. The summed E-state index contributed by atoms with van der Waals surface area (Å²) in [4.78, 5) is 8.38. The lowest BCUT2D eigenvalue weighted by Gasteiger charge is -2.24. The van der Waals surface area contributed by atoms with Crippen LogP contribution in [0.5, 0.6) is 0 Å². The van der Waals surface area contributed by atoms with E-state index in [4.69, 9.17) is 4.74 Å². The smallest absolute Gasteiger partial charge is 0.107 e. The minimum atomic E-state index is 0.246. The molecule has 1 unspecified atom stereocenters. The topological polar surface area (TPSA) is 37.4 Å². The minimum Gasteiger partial charge on any atom is -0.376 e. The molecule has 136 valence electrons. The van der Waals surface area contributed by atoms with Crippen LogP contribution < -0.4 is 5.32 Å². The Kier molecular flexibility index (Phi) is 6.99. The first-order valence-corrected chi connectivity index (χ1v) is 10.1. The SMILES string of the molecule is CC(C)c1cnc(CNCC2CN(Cc3ccccc3)CCCO2)s1. The van der Waals surface area contributed by atoms with E-state index in [0.29, 0.717) is 5.92 Å². The van der Waals surface area contributed by atoms with Gasteiger partial charge >= 0.3 is 0 Å². The van der Waals surface area contributed by atoms with Gasteiger partial charge in [0.05, 0.1) is 6.10 Å². The highest BCUT2D eigenvalue weighted by Gasteiger charge is 2.18. The summed E-state index contributed by atoms with van der Waals surface area (Å²) < 4.78 is 6.03. The van der Waals surface area contributed by atoms with E-state index in [1.165, 1.54) is 15.4 Å². The standard InChI is InChI=1S/C20H29N3OS/c1-16(2)19-12-22-20(25-19)13-21-11-18-15-23(9-6-10-24-18)14-17-7-4-3-5-8-17/h3-5,7-8,12,16,18,21H,6,9-11,13-15H2,1-2H3. The summed E-state index contributed by atoms with van der Waals surface area (Å²) in [6, 6.07) is 10.7. The molecule has 0 amide bonds. The molecule has 0 saturated carbocycles. The summed E-state index contributed by atoms with van der Waals surface area (Å²) in [5, 5.41) is 4.70. The van der Waals surface area contributed by atoms with Crippen LogP contribution in [0.3, 0.4) is 0 Å². The van der Waals surface area contributed by atoms with Crippen LogP contribution in [0.2, 0.25) is 0 Å². The van der Waals surface area contributed by atoms with Crippen LogP contribution in [0, 0.1) is 0 Å². The summed E-state index contributed by atoms with van der Waals surface area (Å²) in [5.41, 5.74) is 1.38. The number of nitrogens with zero attached hydrogens (tertiary/aromatic N) is 2. The monoisotopic (exact) mass is 359 g/mol. The zero-order chi connectivity index (χ0) is 17.5. The van der Waals surface area contributed by atoms with Crippen molar-refractivity contribution in [1.29, 1.82) is 0 Å². The van der Waals surface area contributed by atoms with Crippen molar-refractivity contribution in [2.45, 2.75) is 45.4 Å². The molecule has 1 aliphatic heterocycles. The Balaban J connectivity index is 1.46. The Labute approximate surface area is 155 Å². The van der Waals surface area contributed by atoms with E-state index < -0.39 is 0 Å². The lowest BCUT2D eigenvalue weighted by molar-refractivity contribution is 0.0533. The number of nitrogens with one attached hydrogen (secondary N) is 1.